The second kappa shape index (κ2) is 8.26. The molecule has 0 unspecified atom stereocenters. The zero-order valence-electron chi connectivity index (χ0n) is 14.6. The van der Waals surface area contributed by atoms with Crippen LogP contribution in [0.3, 0.4) is 0 Å². The number of para-hydroxylation sites is 1. The minimum absolute atomic E-state index is 0.745. The number of rotatable bonds is 6. The Hall–Kier alpha value is -2.19. The number of hydrogen-bond donors (Lipinski definition) is 2. The summed E-state index contributed by atoms with van der Waals surface area (Å²) in [5.74, 6) is 0.858. The van der Waals surface area contributed by atoms with Crippen LogP contribution in [0.1, 0.15) is 10.7 Å². The van der Waals surface area contributed by atoms with Gasteiger partial charge in [-0.15, -0.1) is 11.3 Å². The highest BCUT2D eigenvalue weighted by Crippen LogP contribution is 2.24. The molecule has 2 aromatic heterocycles. The molecule has 2 heterocycles. The molecule has 0 radical (unpaired) electrons. The molecule has 0 saturated carbocycles. The lowest BCUT2D eigenvalue weighted by atomic mass is 10.3. The van der Waals surface area contributed by atoms with Gasteiger partial charge in [0.2, 0.25) is 0 Å². The zero-order chi connectivity index (χ0) is 17.6. The van der Waals surface area contributed by atoms with Gasteiger partial charge in [0.05, 0.1) is 27.5 Å². The molecule has 3 rings (SSSR count). The fourth-order valence-electron chi connectivity index (χ4n) is 2.48. The van der Waals surface area contributed by atoms with Crippen LogP contribution in [0.2, 0.25) is 0 Å². The Morgan fingerprint density at radius 1 is 1.24 bits per heavy atom. The summed E-state index contributed by atoms with van der Waals surface area (Å²) in [6, 6.07) is 8.17. The Balaban J connectivity index is 1.46. The van der Waals surface area contributed by atoms with Gasteiger partial charge in [0, 0.05) is 32.6 Å². The molecule has 3 aromatic rings. The molecular weight excluding hydrogens is 352 g/mol. The largest absolute Gasteiger partial charge is 0.360 e. The first-order chi connectivity index (χ1) is 12.2. The lowest BCUT2D eigenvalue weighted by molar-refractivity contribution is 0.472. The van der Waals surface area contributed by atoms with Crippen molar-refractivity contribution in [3.8, 4) is 0 Å². The lowest BCUT2D eigenvalue weighted by Gasteiger charge is -2.21. The Morgan fingerprint density at radius 2 is 2.08 bits per heavy atom. The number of hydrogen-bond acceptors (Lipinski definition) is 6. The van der Waals surface area contributed by atoms with Crippen molar-refractivity contribution in [2.45, 2.75) is 13.5 Å². The van der Waals surface area contributed by atoms with Crippen molar-refractivity contribution in [1.29, 1.82) is 0 Å². The van der Waals surface area contributed by atoms with Gasteiger partial charge in [-0.3, -0.25) is 4.99 Å². The van der Waals surface area contributed by atoms with Crippen molar-refractivity contribution in [2.24, 2.45) is 4.99 Å². The van der Waals surface area contributed by atoms with E-state index in [9.17, 15) is 0 Å². The van der Waals surface area contributed by atoms with E-state index in [-0.39, 0.29) is 0 Å². The Bertz CT molecular complexity index is 821. The molecule has 25 heavy (non-hydrogen) atoms. The topological polar surface area (TPSA) is 65.4 Å². The van der Waals surface area contributed by atoms with Crippen LogP contribution in [0, 0.1) is 6.92 Å². The number of benzene rings is 1. The summed E-state index contributed by atoms with van der Waals surface area (Å²) < 4.78 is 1.20. The van der Waals surface area contributed by atoms with Gasteiger partial charge >= 0.3 is 0 Å². The van der Waals surface area contributed by atoms with Crippen molar-refractivity contribution in [3.05, 3.63) is 40.3 Å². The average molecular weight is 375 g/mol. The summed E-state index contributed by atoms with van der Waals surface area (Å²) in [5, 5.41) is 10.9. The number of nitrogens with one attached hydrogen (secondary N) is 2. The summed E-state index contributed by atoms with van der Waals surface area (Å²) in [5.41, 5.74) is 2.11. The van der Waals surface area contributed by atoms with Gasteiger partial charge < -0.3 is 15.5 Å². The van der Waals surface area contributed by atoms with Crippen LogP contribution in [0.5, 0.6) is 0 Å². The van der Waals surface area contributed by atoms with Crippen LogP contribution in [0.4, 0.5) is 5.13 Å². The first-order valence-corrected chi connectivity index (χ1v) is 9.77. The number of aliphatic imine (C=N–C) groups is 1. The van der Waals surface area contributed by atoms with E-state index in [0.29, 0.717) is 0 Å². The van der Waals surface area contributed by atoms with Gasteiger partial charge in [-0.2, -0.15) is 0 Å². The summed E-state index contributed by atoms with van der Waals surface area (Å²) in [7, 11) is 3.82. The van der Waals surface area contributed by atoms with Crippen molar-refractivity contribution >= 4 is 44.0 Å². The summed E-state index contributed by atoms with van der Waals surface area (Å²) >= 11 is 3.35. The third kappa shape index (κ3) is 4.67. The molecule has 0 aliphatic carbocycles. The molecule has 0 saturated heterocycles. The van der Waals surface area contributed by atoms with E-state index in [4.69, 9.17) is 0 Å². The Morgan fingerprint density at radius 3 is 2.80 bits per heavy atom. The van der Waals surface area contributed by atoms with Gasteiger partial charge in [-0.1, -0.05) is 23.5 Å². The quantitative estimate of drug-likeness (QED) is 0.394. The second-order valence-corrected chi connectivity index (χ2v) is 7.69. The Labute approximate surface area is 155 Å². The minimum atomic E-state index is 0.745. The normalized spacial score (nSPS) is 11.7. The fourth-order valence-corrected chi connectivity index (χ4v) is 3.97. The van der Waals surface area contributed by atoms with Crippen molar-refractivity contribution in [2.75, 3.05) is 32.5 Å². The molecule has 8 heteroatoms. The summed E-state index contributed by atoms with van der Waals surface area (Å²) in [4.78, 5) is 15.5. The molecule has 0 bridgehead atoms. The summed E-state index contributed by atoms with van der Waals surface area (Å²) in [6.45, 7) is 4.32. The van der Waals surface area contributed by atoms with Gasteiger partial charge in [-0.25, -0.2) is 9.97 Å². The number of thiazole rings is 2. The van der Waals surface area contributed by atoms with Gasteiger partial charge in [0.15, 0.2) is 11.1 Å². The van der Waals surface area contributed by atoms with Gasteiger partial charge in [0.1, 0.15) is 0 Å². The molecule has 0 aliphatic heterocycles. The van der Waals surface area contributed by atoms with Gasteiger partial charge in [-0.05, 0) is 19.1 Å². The van der Waals surface area contributed by atoms with Crippen molar-refractivity contribution < 1.29 is 0 Å². The molecule has 2 N–H and O–H groups in total. The van der Waals surface area contributed by atoms with E-state index in [2.05, 4.69) is 41.9 Å². The maximum Gasteiger partial charge on any atom is 0.193 e. The van der Waals surface area contributed by atoms with E-state index in [1.807, 2.05) is 32.2 Å². The Kier molecular flexibility index (Phi) is 5.83. The highest BCUT2D eigenvalue weighted by atomic mass is 32.1. The molecule has 6 nitrogen and oxygen atoms in total. The fraction of sp³-hybridized carbons (Fsp3) is 0.353. The monoisotopic (exact) mass is 374 g/mol. The lowest BCUT2D eigenvalue weighted by Crippen LogP contribution is -2.40. The highest BCUT2D eigenvalue weighted by Gasteiger charge is 2.08. The molecule has 0 spiro atoms. The van der Waals surface area contributed by atoms with Crippen LogP contribution in [0.15, 0.2) is 34.6 Å². The third-order valence-electron chi connectivity index (χ3n) is 3.62. The highest BCUT2D eigenvalue weighted by molar-refractivity contribution is 7.22. The molecule has 0 atom stereocenters. The molecular formula is C17H22N6S2. The van der Waals surface area contributed by atoms with Crippen LogP contribution < -0.4 is 10.6 Å². The predicted molar refractivity (Wildman–Crippen MR) is 108 cm³/mol. The number of nitrogens with zero attached hydrogens (tertiary/aromatic N) is 4. The maximum absolute atomic E-state index is 4.57. The standard InChI is InChI=1S/C17H22N6S2/c1-12-21-13(11-24-12)10-23(3)16(18-2)19-8-9-20-17-22-14-6-4-5-7-15(14)25-17/h4-7,11H,8-10H2,1-3H3,(H,18,19)(H,20,22). The first kappa shape index (κ1) is 17.6. The van der Waals surface area contributed by atoms with Gasteiger partial charge in [0.25, 0.3) is 0 Å². The first-order valence-electron chi connectivity index (χ1n) is 8.08. The second-order valence-electron chi connectivity index (χ2n) is 5.60. The third-order valence-corrected chi connectivity index (χ3v) is 5.43. The molecule has 132 valence electrons. The number of aromatic nitrogens is 2. The summed E-state index contributed by atoms with van der Waals surface area (Å²) in [6.07, 6.45) is 0. The molecule has 0 aliphatic rings. The van der Waals surface area contributed by atoms with Crippen molar-refractivity contribution in [1.82, 2.24) is 20.2 Å². The van der Waals surface area contributed by atoms with Crippen molar-refractivity contribution in [3.63, 3.8) is 0 Å². The molecule has 0 amide bonds. The zero-order valence-corrected chi connectivity index (χ0v) is 16.2. The van der Waals surface area contributed by atoms with E-state index in [1.54, 1.807) is 29.7 Å². The molecule has 0 fully saturated rings. The number of anilines is 1. The van der Waals surface area contributed by atoms with E-state index in [1.165, 1.54) is 4.70 Å². The maximum atomic E-state index is 4.57. The van der Waals surface area contributed by atoms with Crippen LogP contribution >= 0.6 is 22.7 Å². The van der Waals surface area contributed by atoms with E-state index in [0.717, 1.165) is 46.9 Å². The number of guanidine groups is 1. The average Bonchev–Trinajstić information content (AvgIpc) is 3.20. The number of fused-ring (bicyclic) bond motifs is 1. The SMILES string of the molecule is CN=C(NCCNc1nc2ccccc2s1)N(C)Cc1csc(C)n1. The van der Waals surface area contributed by atoms with E-state index >= 15 is 0 Å². The predicted octanol–water partition coefficient (Wildman–Crippen LogP) is 3.18. The minimum Gasteiger partial charge on any atom is -0.360 e. The number of aryl methyl sites for hydroxylation is 1. The molecule has 1 aromatic carbocycles. The van der Waals surface area contributed by atoms with E-state index < -0.39 is 0 Å². The van der Waals surface area contributed by atoms with Crippen LogP contribution in [0.25, 0.3) is 10.2 Å². The van der Waals surface area contributed by atoms with Crippen LogP contribution in [-0.4, -0.2) is 48.0 Å². The smallest absolute Gasteiger partial charge is 0.193 e. The van der Waals surface area contributed by atoms with Crippen LogP contribution in [-0.2, 0) is 6.54 Å².